The van der Waals surface area contributed by atoms with Crippen LogP contribution in [0.25, 0.3) is 22.0 Å². The number of carbonyl (C=O) groups excluding carboxylic acids is 1. The normalized spacial score (nSPS) is 11.4. The quantitative estimate of drug-likeness (QED) is 0.447. The molecule has 0 atom stereocenters. The molecule has 9 nitrogen and oxygen atoms in total. The number of primary sulfonamides is 1. The summed E-state index contributed by atoms with van der Waals surface area (Å²) in [5, 5.41) is 8.98. The van der Waals surface area contributed by atoms with Gasteiger partial charge in [0.25, 0.3) is 5.91 Å². The van der Waals surface area contributed by atoms with E-state index in [-0.39, 0.29) is 10.6 Å². The SMILES string of the molecule is NC(=O)c1ccc(-c2ccc3cnc(Nc4ccc(S(N)(=O)=O)cc4)nc3c2)cn1. The van der Waals surface area contributed by atoms with Gasteiger partial charge in [-0.15, -0.1) is 0 Å². The van der Waals surface area contributed by atoms with Crippen molar-refractivity contribution in [3.05, 3.63) is 72.7 Å². The van der Waals surface area contributed by atoms with Crippen LogP contribution in [0, 0.1) is 0 Å². The van der Waals surface area contributed by atoms with Gasteiger partial charge in [0.1, 0.15) is 5.69 Å². The van der Waals surface area contributed by atoms with Crippen LogP contribution in [0.5, 0.6) is 0 Å². The van der Waals surface area contributed by atoms with Crippen LogP contribution >= 0.6 is 0 Å². The Hall–Kier alpha value is -3.89. The lowest BCUT2D eigenvalue weighted by Gasteiger charge is -2.08. The fraction of sp³-hybridized carbons (Fsp3) is 0. The number of fused-ring (bicyclic) bond motifs is 1. The minimum Gasteiger partial charge on any atom is -0.364 e. The molecule has 1 amide bonds. The smallest absolute Gasteiger partial charge is 0.267 e. The van der Waals surface area contributed by atoms with Gasteiger partial charge in [0.2, 0.25) is 16.0 Å². The molecule has 10 heteroatoms. The van der Waals surface area contributed by atoms with Crippen molar-refractivity contribution in [1.29, 1.82) is 0 Å². The number of nitrogens with one attached hydrogen (secondary N) is 1. The van der Waals surface area contributed by atoms with Gasteiger partial charge in [0.05, 0.1) is 10.4 Å². The number of nitrogens with zero attached hydrogens (tertiary/aromatic N) is 3. The lowest BCUT2D eigenvalue weighted by Crippen LogP contribution is -2.12. The molecular formula is C20H16N6O3S. The van der Waals surface area contributed by atoms with E-state index >= 15 is 0 Å². The molecule has 4 aromatic rings. The first-order chi connectivity index (χ1) is 14.3. The molecule has 0 radical (unpaired) electrons. The first kappa shape index (κ1) is 19.4. The lowest BCUT2D eigenvalue weighted by molar-refractivity contribution is 0.0995. The standard InChI is InChI=1S/C20H16N6O3S/c21-19(27)17-8-3-13(10-23-17)12-1-2-14-11-24-20(26-18(14)9-12)25-15-4-6-16(7-5-15)30(22,28)29/h1-11H,(H2,21,27)(H2,22,28,29)(H,24,25,26). The molecule has 2 aromatic carbocycles. The summed E-state index contributed by atoms with van der Waals surface area (Å²) < 4.78 is 22.7. The number of nitrogens with two attached hydrogens (primary N) is 2. The van der Waals surface area contributed by atoms with Gasteiger partial charge in [-0.25, -0.2) is 23.5 Å². The van der Waals surface area contributed by atoms with Gasteiger partial charge in [-0.2, -0.15) is 0 Å². The van der Waals surface area contributed by atoms with E-state index in [1.165, 1.54) is 12.1 Å². The van der Waals surface area contributed by atoms with Gasteiger partial charge in [0, 0.05) is 29.0 Å². The summed E-state index contributed by atoms with van der Waals surface area (Å²) in [4.78, 5) is 24.1. The second-order valence-electron chi connectivity index (χ2n) is 6.46. The highest BCUT2D eigenvalue weighted by atomic mass is 32.2. The summed E-state index contributed by atoms with van der Waals surface area (Å²) in [6, 6.07) is 15.0. The lowest BCUT2D eigenvalue weighted by atomic mass is 10.1. The van der Waals surface area contributed by atoms with Crippen molar-refractivity contribution in [3.63, 3.8) is 0 Å². The van der Waals surface area contributed by atoms with Crippen LogP contribution in [-0.2, 0) is 10.0 Å². The average molecular weight is 420 g/mol. The third-order valence-corrected chi connectivity index (χ3v) is 5.30. The Labute approximate surface area is 171 Å². The third-order valence-electron chi connectivity index (χ3n) is 4.37. The Morgan fingerprint density at radius 1 is 0.900 bits per heavy atom. The Bertz CT molecular complexity index is 1350. The van der Waals surface area contributed by atoms with E-state index in [1.807, 2.05) is 18.2 Å². The molecule has 0 fully saturated rings. The van der Waals surface area contributed by atoms with Crippen molar-refractivity contribution in [3.8, 4) is 11.1 Å². The average Bonchev–Trinajstić information content (AvgIpc) is 2.73. The maximum atomic E-state index is 11.4. The van der Waals surface area contributed by atoms with Gasteiger partial charge in [-0.1, -0.05) is 18.2 Å². The van der Waals surface area contributed by atoms with Crippen LogP contribution in [0.15, 0.2) is 71.9 Å². The van der Waals surface area contributed by atoms with Gasteiger partial charge in [-0.3, -0.25) is 9.78 Å². The number of benzene rings is 2. The number of hydrogen-bond donors (Lipinski definition) is 3. The summed E-state index contributed by atoms with van der Waals surface area (Å²) in [7, 11) is -3.75. The predicted octanol–water partition coefficient (Wildman–Crippen LogP) is 2.18. The number of aromatic nitrogens is 3. The van der Waals surface area contributed by atoms with Crippen LogP contribution in [-0.4, -0.2) is 29.3 Å². The molecular weight excluding hydrogens is 404 g/mol. The second-order valence-corrected chi connectivity index (χ2v) is 8.02. The zero-order valence-electron chi connectivity index (χ0n) is 15.5. The van der Waals surface area contributed by atoms with Gasteiger partial charge < -0.3 is 11.1 Å². The molecule has 0 spiro atoms. The maximum Gasteiger partial charge on any atom is 0.267 e. The first-order valence-corrected chi connectivity index (χ1v) is 10.3. The molecule has 2 aromatic heterocycles. The predicted molar refractivity (Wildman–Crippen MR) is 112 cm³/mol. The largest absolute Gasteiger partial charge is 0.364 e. The highest BCUT2D eigenvalue weighted by Gasteiger charge is 2.08. The zero-order chi connectivity index (χ0) is 21.3. The number of carbonyl (C=O) groups is 1. The van der Waals surface area contributed by atoms with E-state index in [0.717, 1.165) is 16.5 Å². The summed E-state index contributed by atoms with van der Waals surface area (Å²) in [5.41, 5.74) is 8.42. The topological polar surface area (TPSA) is 154 Å². The molecule has 0 aliphatic rings. The number of pyridine rings is 1. The van der Waals surface area contributed by atoms with Crippen LogP contribution in [0.4, 0.5) is 11.6 Å². The van der Waals surface area contributed by atoms with E-state index in [9.17, 15) is 13.2 Å². The Kier molecular flexibility index (Phi) is 4.86. The van der Waals surface area contributed by atoms with Crippen molar-refractivity contribution >= 4 is 38.5 Å². The molecule has 4 rings (SSSR count). The molecule has 150 valence electrons. The number of hydrogen-bond acceptors (Lipinski definition) is 7. The molecule has 30 heavy (non-hydrogen) atoms. The highest BCUT2D eigenvalue weighted by Crippen LogP contribution is 2.24. The number of rotatable bonds is 5. The van der Waals surface area contributed by atoms with Crippen molar-refractivity contribution in [1.82, 2.24) is 15.0 Å². The Morgan fingerprint density at radius 2 is 1.63 bits per heavy atom. The minimum atomic E-state index is -3.75. The summed E-state index contributed by atoms with van der Waals surface area (Å²) in [6.07, 6.45) is 3.26. The first-order valence-electron chi connectivity index (χ1n) is 8.72. The van der Waals surface area contributed by atoms with Crippen LogP contribution in [0.2, 0.25) is 0 Å². The van der Waals surface area contributed by atoms with Crippen molar-refractivity contribution in [2.75, 3.05) is 5.32 Å². The van der Waals surface area contributed by atoms with Gasteiger partial charge in [-0.05, 0) is 42.0 Å². The van der Waals surface area contributed by atoms with Crippen LogP contribution in [0.1, 0.15) is 10.5 Å². The van der Waals surface area contributed by atoms with Gasteiger partial charge >= 0.3 is 0 Å². The van der Waals surface area contributed by atoms with E-state index < -0.39 is 15.9 Å². The van der Waals surface area contributed by atoms with E-state index in [2.05, 4.69) is 20.3 Å². The van der Waals surface area contributed by atoms with Crippen molar-refractivity contribution < 1.29 is 13.2 Å². The molecule has 0 unspecified atom stereocenters. The molecule has 5 N–H and O–H groups in total. The van der Waals surface area contributed by atoms with Gasteiger partial charge in [0.15, 0.2) is 0 Å². The zero-order valence-corrected chi connectivity index (χ0v) is 16.3. The summed E-state index contributed by atoms with van der Waals surface area (Å²) in [5.74, 6) is -0.231. The summed E-state index contributed by atoms with van der Waals surface area (Å²) in [6.45, 7) is 0. The summed E-state index contributed by atoms with van der Waals surface area (Å²) >= 11 is 0. The van der Waals surface area contributed by atoms with Crippen molar-refractivity contribution in [2.45, 2.75) is 4.90 Å². The fourth-order valence-corrected chi connectivity index (χ4v) is 3.35. The molecule has 2 heterocycles. The number of sulfonamides is 1. The molecule has 0 saturated heterocycles. The third kappa shape index (κ3) is 4.09. The number of primary amides is 1. The molecule has 0 bridgehead atoms. The second kappa shape index (κ2) is 7.50. The Balaban J connectivity index is 1.62. The highest BCUT2D eigenvalue weighted by molar-refractivity contribution is 7.89. The monoisotopic (exact) mass is 420 g/mol. The van der Waals surface area contributed by atoms with E-state index in [4.69, 9.17) is 10.9 Å². The van der Waals surface area contributed by atoms with E-state index in [0.29, 0.717) is 17.2 Å². The molecule has 0 saturated carbocycles. The fourth-order valence-electron chi connectivity index (χ4n) is 2.83. The maximum absolute atomic E-state index is 11.4. The number of anilines is 2. The van der Waals surface area contributed by atoms with Crippen LogP contribution in [0.3, 0.4) is 0 Å². The number of amides is 1. The van der Waals surface area contributed by atoms with Crippen LogP contribution < -0.4 is 16.2 Å². The van der Waals surface area contributed by atoms with Crippen molar-refractivity contribution in [2.24, 2.45) is 10.9 Å². The Morgan fingerprint density at radius 3 is 2.27 bits per heavy atom. The minimum absolute atomic E-state index is 0.0214. The van der Waals surface area contributed by atoms with E-state index in [1.54, 1.807) is 36.7 Å². The molecule has 0 aliphatic heterocycles. The molecule has 0 aliphatic carbocycles.